The van der Waals surface area contributed by atoms with Gasteiger partial charge in [-0.1, -0.05) is 6.07 Å². The molecule has 10 heteroatoms. The molecule has 2 heterocycles. The topological polar surface area (TPSA) is 148 Å². The Labute approximate surface area is 204 Å². The maximum atomic E-state index is 12.7. The Morgan fingerprint density at radius 1 is 0.917 bits per heavy atom. The molecule has 0 amide bonds. The third kappa shape index (κ3) is 3.77. The first-order chi connectivity index (χ1) is 17.3. The Kier molecular flexibility index (Phi) is 5.73. The number of ether oxygens (including phenoxy) is 4. The molecule has 0 aliphatic carbocycles. The molecule has 186 valence electrons. The summed E-state index contributed by atoms with van der Waals surface area (Å²) in [4.78, 5) is 12.7. The molecule has 0 saturated carbocycles. The SMILES string of the molecule is COc1cc([C@H]2Oc3ccc(-c4cc(=O)c5c(O)cc(O)cc5o4)c(OC)c3O[C@@H]2CO)ccc1O. The predicted molar refractivity (Wildman–Crippen MR) is 127 cm³/mol. The average molecular weight is 494 g/mol. The van der Waals surface area contributed by atoms with E-state index in [1.54, 1.807) is 24.3 Å². The summed E-state index contributed by atoms with van der Waals surface area (Å²) >= 11 is 0. The molecule has 10 nitrogen and oxygen atoms in total. The highest BCUT2D eigenvalue weighted by Crippen LogP contribution is 2.50. The monoisotopic (exact) mass is 494 g/mol. The van der Waals surface area contributed by atoms with Gasteiger partial charge in [0.15, 0.2) is 40.6 Å². The van der Waals surface area contributed by atoms with E-state index in [0.29, 0.717) is 16.9 Å². The largest absolute Gasteiger partial charge is 0.508 e. The minimum Gasteiger partial charge on any atom is -0.508 e. The summed E-state index contributed by atoms with van der Waals surface area (Å²) in [5.41, 5.74) is 0.428. The van der Waals surface area contributed by atoms with Crippen molar-refractivity contribution in [2.24, 2.45) is 0 Å². The number of hydrogen-bond acceptors (Lipinski definition) is 10. The molecule has 1 aliphatic heterocycles. The molecule has 4 N–H and O–H groups in total. The fourth-order valence-electron chi connectivity index (χ4n) is 4.25. The minimum atomic E-state index is -0.839. The van der Waals surface area contributed by atoms with Crippen molar-refractivity contribution in [3.8, 4) is 51.6 Å². The Hall–Kier alpha value is -4.57. The van der Waals surface area contributed by atoms with E-state index < -0.39 is 30.0 Å². The van der Waals surface area contributed by atoms with Crippen molar-refractivity contribution >= 4 is 11.0 Å². The van der Waals surface area contributed by atoms with Gasteiger partial charge in [-0.25, -0.2) is 0 Å². The van der Waals surface area contributed by atoms with E-state index in [1.165, 1.54) is 32.4 Å². The Morgan fingerprint density at radius 3 is 2.44 bits per heavy atom. The molecule has 2 atom stereocenters. The molecule has 1 aromatic heterocycles. The third-order valence-electron chi connectivity index (χ3n) is 5.91. The van der Waals surface area contributed by atoms with Crippen LogP contribution in [0.1, 0.15) is 11.7 Å². The highest BCUT2D eigenvalue weighted by molar-refractivity contribution is 5.86. The van der Waals surface area contributed by atoms with E-state index in [1.807, 2.05) is 0 Å². The van der Waals surface area contributed by atoms with Crippen LogP contribution in [0, 0.1) is 0 Å². The van der Waals surface area contributed by atoms with E-state index in [2.05, 4.69) is 0 Å². The van der Waals surface area contributed by atoms with E-state index >= 15 is 0 Å². The van der Waals surface area contributed by atoms with Gasteiger partial charge in [0.25, 0.3) is 0 Å². The summed E-state index contributed by atoms with van der Waals surface area (Å²) in [7, 11) is 2.83. The van der Waals surface area contributed by atoms with Gasteiger partial charge in [0.1, 0.15) is 28.2 Å². The molecule has 0 fully saturated rings. The number of rotatable bonds is 5. The van der Waals surface area contributed by atoms with Gasteiger partial charge >= 0.3 is 0 Å². The van der Waals surface area contributed by atoms with Gasteiger partial charge in [-0.3, -0.25) is 4.79 Å². The van der Waals surface area contributed by atoms with E-state index in [9.17, 15) is 25.2 Å². The Bertz CT molecular complexity index is 1520. The second kappa shape index (κ2) is 8.90. The van der Waals surface area contributed by atoms with Crippen LogP contribution in [-0.4, -0.2) is 47.4 Å². The van der Waals surface area contributed by atoms with Gasteiger partial charge in [0.05, 0.1) is 26.4 Å². The van der Waals surface area contributed by atoms with Crippen molar-refractivity contribution in [1.29, 1.82) is 0 Å². The molecule has 0 unspecified atom stereocenters. The number of phenols is 3. The summed E-state index contributed by atoms with van der Waals surface area (Å²) < 4.78 is 28.8. The zero-order valence-corrected chi connectivity index (χ0v) is 19.2. The van der Waals surface area contributed by atoms with Gasteiger partial charge in [0.2, 0.25) is 5.75 Å². The fourth-order valence-corrected chi connectivity index (χ4v) is 4.25. The molecule has 36 heavy (non-hydrogen) atoms. The first-order valence-electron chi connectivity index (χ1n) is 10.9. The van der Waals surface area contributed by atoms with E-state index in [4.69, 9.17) is 23.4 Å². The summed E-state index contributed by atoms with van der Waals surface area (Å²) in [6, 6.07) is 11.4. The van der Waals surface area contributed by atoms with Crippen LogP contribution in [-0.2, 0) is 0 Å². The molecule has 4 aromatic rings. The molecule has 0 spiro atoms. The lowest BCUT2D eigenvalue weighted by Crippen LogP contribution is -2.36. The van der Waals surface area contributed by atoms with Crippen molar-refractivity contribution in [3.05, 3.63) is 64.3 Å². The van der Waals surface area contributed by atoms with E-state index in [0.717, 1.165) is 6.07 Å². The van der Waals surface area contributed by atoms with Crippen LogP contribution < -0.4 is 24.4 Å². The van der Waals surface area contributed by atoms with Crippen molar-refractivity contribution in [3.63, 3.8) is 0 Å². The van der Waals surface area contributed by atoms with Gasteiger partial charge in [-0.2, -0.15) is 0 Å². The van der Waals surface area contributed by atoms with Gasteiger partial charge < -0.3 is 43.8 Å². The molecule has 0 saturated heterocycles. The van der Waals surface area contributed by atoms with Crippen LogP contribution in [0.3, 0.4) is 0 Å². The Balaban J connectivity index is 1.60. The van der Waals surface area contributed by atoms with Crippen LogP contribution in [0.4, 0.5) is 0 Å². The molecule has 0 radical (unpaired) electrons. The smallest absolute Gasteiger partial charge is 0.204 e. The van der Waals surface area contributed by atoms with E-state index in [-0.39, 0.29) is 45.5 Å². The lowest BCUT2D eigenvalue weighted by Gasteiger charge is -2.34. The van der Waals surface area contributed by atoms with Crippen molar-refractivity contribution in [1.82, 2.24) is 0 Å². The quantitative estimate of drug-likeness (QED) is 0.325. The van der Waals surface area contributed by atoms with Crippen molar-refractivity contribution < 1.29 is 43.8 Å². The van der Waals surface area contributed by atoms with Crippen molar-refractivity contribution in [2.45, 2.75) is 12.2 Å². The minimum absolute atomic E-state index is 0.0125. The van der Waals surface area contributed by atoms with Gasteiger partial charge in [-0.15, -0.1) is 0 Å². The molecule has 1 aliphatic rings. The average Bonchev–Trinajstić information content (AvgIpc) is 2.86. The normalized spacial score (nSPS) is 16.6. The van der Waals surface area contributed by atoms with Gasteiger partial charge in [0, 0.05) is 23.8 Å². The summed E-state index contributed by atoms with van der Waals surface area (Å²) in [6.07, 6.45) is -1.56. The number of phenolic OH excluding ortho intramolecular Hbond substituents is 3. The highest BCUT2D eigenvalue weighted by Gasteiger charge is 2.36. The zero-order valence-electron chi connectivity index (χ0n) is 19.2. The molecule has 5 rings (SSSR count). The van der Waals surface area contributed by atoms with Crippen LogP contribution in [0.25, 0.3) is 22.3 Å². The maximum absolute atomic E-state index is 12.7. The standard InChI is InChI=1S/C26H22O10/c1-32-20-7-12(3-5-15(20)29)24-22(11-27)36-26-18(35-24)6-4-14(25(26)33-2)19-10-17(31)23-16(30)8-13(28)9-21(23)34-19/h3-10,22,24,27-30H,11H2,1-2H3/t22-,24-/m1/s1. The summed E-state index contributed by atoms with van der Waals surface area (Å²) in [6.45, 7) is -0.399. The van der Waals surface area contributed by atoms with Crippen LogP contribution in [0.15, 0.2) is 57.7 Å². The van der Waals surface area contributed by atoms with Crippen molar-refractivity contribution in [2.75, 3.05) is 20.8 Å². The maximum Gasteiger partial charge on any atom is 0.204 e. The van der Waals surface area contributed by atoms with Gasteiger partial charge in [-0.05, 0) is 24.3 Å². The second-order valence-electron chi connectivity index (χ2n) is 8.10. The molecular weight excluding hydrogens is 472 g/mol. The number of methoxy groups -OCH3 is 2. The number of aromatic hydroxyl groups is 3. The molecule has 0 bridgehead atoms. The number of benzene rings is 3. The number of hydrogen-bond donors (Lipinski definition) is 4. The zero-order chi connectivity index (χ0) is 25.6. The highest BCUT2D eigenvalue weighted by atomic mass is 16.6. The number of aliphatic hydroxyl groups excluding tert-OH is 1. The number of fused-ring (bicyclic) bond motifs is 2. The molecular formula is C26H22O10. The predicted octanol–water partition coefficient (Wildman–Crippen LogP) is 3.47. The van der Waals surface area contributed by atoms with Crippen LogP contribution >= 0.6 is 0 Å². The summed E-state index contributed by atoms with van der Waals surface area (Å²) in [5.74, 6) is 0.345. The van der Waals surface area contributed by atoms with Crippen LogP contribution in [0.2, 0.25) is 0 Å². The lowest BCUT2D eigenvalue weighted by molar-refractivity contribution is -0.0141. The lowest BCUT2D eigenvalue weighted by atomic mass is 10.0. The second-order valence-corrected chi connectivity index (χ2v) is 8.10. The fraction of sp³-hybridized carbons (Fsp3) is 0.192. The molecule has 3 aromatic carbocycles. The first kappa shape index (κ1) is 23.2. The summed E-state index contributed by atoms with van der Waals surface area (Å²) in [5, 5.41) is 39.8. The first-order valence-corrected chi connectivity index (χ1v) is 10.9. The third-order valence-corrected chi connectivity index (χ3v) is 5.91. The Morgan fingerprint density at radius 2 is 1.72 bits per heavy atom. The number of aliphatic hydroxyl groups is 1. The van der Waals surface area contributed by atoms with Crippen LogP contribution in [0.5, 0.6) is 40.2 Å².